The van der Waals surface area contributed by atoms with Gasteiger partial charge in [-0.05, 0) is 30.7 Å². The van der Waals surface area contributed by atoms with Crippen molar-refractivity contribution in [3.8, 4) is 5.75 Å². The van der Waals surface area contributed by atoms with Crippen molar-refractivity contribution in [1.82, 2.24) is 15.4 Å². The largest absolute Gasteiger partial charge is 0.497 e. The fourth-order valence-corrected chi connectivity index (χ4v) is 1.69. The Labute approximate surface area is 127 Å². The highest BCUT2D eigenvalue weighted by molar-refractivity contribution is 5.92. The van der Waals surface area contributed by atoms with E-state index >= 15 is 0 Å². The molecule has 0 unspecified atom stereocenters. The quantitative estimate of drug-likeness (QED) is 0.570. The number of carbonyl (C=O) groups is 1. The number of H-pyrrole nitrogens is 1. The number of methoxy groups -OCH3 is 1. The molecule has 114 valence electrons. The number of hydrogen-bond donors (Lipinski definition) is 3. The molecule has 0 saturated carbocycles. The van der Waals surface area contributed by atoms with Gasteiger partial charge < -0.3 is 4.74 Å². The van der Waals surface area contributed by atoms with Crippen LogP contribution < -0.4 is 21.1 Å². The second-order valence-electron chi connectivity index (χ2n) is 4.46. The second-order valence-corrected chi connectivity index (χ2v) is 4.46. The van der Waals surface area contributed by atoms with E-state index in [2.05, 4.69) is 20.8 Å². The molecule has 0 spiro atoms. The predicted octanol–water partition coefficient (Wildman–Crippen LogP) is 1.24. The highest BCUT2D eigenvalue weighted by atomic mass is 16.5. The summed E-state index contributed by atoms with van der Waals surface area (Å²) in [5, 5.41) is 0. The Balaban J connectivity index is 1.91. The van der Waals surface area contributed by atoms with Crippen LogP contribution >= 0.6 is 0 Å². The van der Waals surface area contributed by atoms with E-state index in [1.54, 1.807) is 32.2 Å². The zero-order valence-corrected chi connectivity index (χ0v) is 12.2. The van der Waals surface area contributed by atoms with Crippen molar-refractivity contribution in [2.24, 2.45) is 0 Å². The third kappa shape index (κ3) is 4.48. The molecule has 0 bridgehead atoms. The Bertz CT molecular complexity index is 735. The van der Waals surface area contributed by atoms with Gasteiger partial charge in [0.1, 0.15) is 5.75 Å². The van der Waals surface area contributed by atoms with E-state index < -0.39 is 0 Å². The molecule has 1 heterocycles. The van der Waals surface area contributed by atoms with Gasteiger partial charge in [-0.2, -0.15) is 0 Å². The minimum atomic E-state index is -0.375. The molecule has 3 N–H and O–H groups in total. The Morgan fingerprint density at radius 3 is 2.68 bits per heavy atom. The van der Waals surface area contributed by atoms with Crippen molar-refractivity contribution in [1.29, 1.82) is 0 Å². The maximum atomic E-state index is 11.7. The molecule has 0 saturated heterocycles. The molecule has 0 aliphatic heterocycles. The molecule has 7 nitrogen and oxygen atoms in total. The van der Waals surface area contributed by atoms with Crippen LogP contribution in [0.1, 0.15) is 11.3 Å². The van der Waals surface area contributed by atoms with Gasteiger partial charge in [0.05, 0.1) is 7.11 Å². The highest BCUT2D eigenvalue weighted by Crippen LogP contribution is 2.12. The number of ether oxygens (including phenoxy) is 1. The number of amides is 1. The van der Waals surface area contributed by atoms with Crippen LogP contribution in [0.5, 0.6) is 5.75 Å². The third-order valence-corrected chi connectivity index (χ3v) is 2.72. The first-order valence-corrected chi connectivity index (χ1v) is 6.53. The van der Waals surface area contributed by atoms with Gasteiger partial charge in [-0.15, -0.1) is 0 Å². The summed E-state index contributed by atoms with van der Waals surface area (Å²) in [6, 6.07) is 8.62. The summed E-state index contributed by atoms with van der Waals surface area (Å²) in [7, 11) is 1.59. The molecule has 0 atom stereocenters. The first kappa shape index (κ1) is 15.3. The van der Waals surface area contributed by atoms with E-state index in [-0.39, 0.29) is 17.4 Å². The van der Waals surface area contributed by atoms with Crippen LogP contribution in [-0.2, 0) is 4.79 Å². The molecule has 0 radical (unpaired) electrons. The van der Waals surface area contributed by atoms with E-state index in [9.17, 15) is 9.59 Å². The van der Waals surface area contributed by atoms with Crippen LogP contribution in [0, 0.1) is 6.92 Å². The molecule has 1 aromatic heterocycles. The van der Waals surface area contributed by atoms with Gasteiger partial charge in [-0.3, -0.25) is 25.4 Å². The molecule has 22 heavy (non-hydrogen) atoms. The summed E-state index contributed by atoms with van der Waals surface area (Å²) < 4.78 is 5.05. The van der Waals surface area contributed by atoms with Crippen LogP contribution in [0.2, 0.25) is 0 Å². The van der Waals surface area contributed by atoms with Crippen molar-refractivity contribution >= 4 is 17.9 Å². The van der Waals surface area contributed by atoms with Crippen molar-refractivity contribution < 1.29 is 9.53 Å². The monoisotopic (exact) mass is 300 g/mol. The van der Waals surface area contributed by atoms with Crippen molar-refractivity contribution in [2.75, 3.05) is 12.5 Å². The maximum absolute atomic E-state index is 11.7. The van der Waals surface area contributed by atoms with Gasteiger partial charge in [-0.1, -0.05) is 12.1 Å². The molecular weight excluding hydrogens is 284 g/mol. The number of carbonyl (C=O) groups excluding carboxylic acids is 1. The Kier molecular flexibility index (Phi) is 4.92. The van der Waals surface area contributed by atoms with Crippen LogP contribution in [-0.4, -0.2) is 23.0 Å². The third-order valence-electron chi connectivity index (χ3n) is 2.72. The summed E-state index contributed by atoms with van der Waals surface area (Å²) in [5.74, 6) is 0.550. The minimum Gasteiger partial charge on any atom is -0.497 e. The average Bonchev–Trinajstić information content (AvgIpc) is 2.50. The van der Waals surface area contributed by atoms with Crippen LogP contribution in [0.25, 0.3) is 6.08 Å². The lowest BCUT2D eigenvalue weighted by atomic mass is 10.2. The van der Waals surface area contributed by atoms with Gasteiger partial charge in [0.2, 0.25) is 5.95 Å². The minimum absolute atomic E-state index is 0.177. The van der Waals surface area contributed by atoms with E-state index in [1.165, 1.54) is 12.1 Å². The number of hydrogen-bond acceptors (Lipinski definition) is 5. The summed E-state index contributed by atoms with van der Waals surface area (Å²) >= 11 is 0. The fraction of sp³-hybridized carbons (Fsp3) is 0.133. The molecule has 0 aliphatic carbocycles. The van der Waals surface area contributed by atoms with Crippen LogP contribution in [0.15, 0.2) is 41.2 Å². The number of rotatable bonds is 5. The number of benzene rings is 1. The fourth-order valence-electron chi connectivity index (χ4n) is 1.69. The number of anilines is 1. The van der Waals surface area contributed by atoms with Crippen molar-refractivity contribution in [2.45, 2.75) is 6.92 Å². The van der Waals surface area contributed by atoms with Gasteiger partial charge in [0.25, 0.3) is 11.5 Å². The lowest BCUT2D eigenvalue weighted by Crippen LogP contribution is -2.29. The van der Waals surface area contributed by atoms with E-state index in [0.29, 0.717) is 5.69 Å². The number of hydrazine groups is 1. The van der Waals surface area contributed by atoms with E-state index in [4.69, 9.17) is 4.74 Å². The SMILES string of the molecule is COc1ccc(/C=C/C(=O)NNc2nc(C)cc(=O)[nH]2)cc1. The lowest BCUT2D eigenvalue weighted by Gasteiger charge is -2.05. The van der Waals surface area contributed by atoms with Gasteiger partial charge in [0, 0.05) is 17.8 Å². The van der Waals surface area contributed by atoms with Crippen molar-refractivity contribution in [3.05, 3.63) is 58.0 Å². The molecule has 0 aliphatic rings. The standard InChI is InChI=1S/C15H16N4O3/c1-10-9-14(21)17-15(16-10)19-18-13(20)8-5-11-3-6-12(22-2)7-4-11/h3-9H,1-2H3,(H,18,20)(H2,16,17,19,21)/b8-5+. The summed E-state index contributed by atoms with van der Waals surface area (Å²) in [5.41, 5.74) is 6.07. The van der Waals surface area contributed by atoms with E-state index in [0.717, 1.165) is 11.3 Å². The summed E-state index contributed by atoms with van der Waals surface area (Å²) in [6.07, 6.45) is 3.02. The van der Waals surface area contributed by atoms with E-state index in [1.807, 2.05) is 12.1 Å². The normalized spacial score (nSPS) is 10.5. The molecule has 2 aromatic rings. The Hall–Kier alpha value is -3.09. The Morgan fingerprint density at radius 2 is 2.05 bits per heavy atom. The average molecular weight is 300 g/mol. The highest BCUT2D eigenvalue weighted by Gasteiger charge is 1.99. The van der Waals surface area contributed by atoms with Gasteiger partial charge in [-0.25, -0.2) is 4.98 Å². The number of nitrogens with zero attached hydrogens (tertiary/aromatic N) is 1. The number of aromatic amines is 1. The Morgan fingerprint density at radius 1 is 1.32 bits per heavy atom. The number of aryl methyl sites for hydroxylation is 1. The smallest absolute Gasteiger partial charge is 0.262 e. The first-order chi connectivity index (χ1) is 10.6. The number of aromatic nitrogens is 2. The van der Waals surface area contributed by atoms with Crippen LogP contribution in [0.4, 0.5) is 5.95 Å². The first-order valence-electron chi connectivity index (χ1n) is 6.53. The van der Waals surface area contributed by atoms with Gasteiger partial charge >= 0.3 is 0 Å². The number of nitrogens with one attached hydrogen (secondary N) is 3. The summed E-state index contributed by atoms with van der Waals surface area (Å²) in [4.78, 5) is 29.4. The molecule has 7 heteroatoms. The molecule has 1 aromatic carbocycles. The van der Waals surface area contributed by atoms with Gasteiger partial charge in [0.15, 0.2) is 0 Å². The molecule has 2 rings (SSSR count). The molecule has 0 fully saturated rings. The zero-order chi connectivity index (χ0) is 15.9. The molecular formula is C15H16N4O3. The maximum Gasteiger partial charge on any atom is 0.262 e. The van der Waals surface area contributed by atoms with Crippen molar-refractivity contribution in [3.63, 3.8) is 0 Å². The topological polar surface area (TPSA) is 96.1 Å². The van der Waals surface area contributed by atoms with Crippen LogP contribution in [0.3, 0.4) is 0 Å². The lowest BCUT2D eigenvalue weighted by molar-refractivity contribution is -0.116. The summed E-state index contributed by atoms with van der Waals surface area (Å²) in [6.45, 7) is 1.69. The zero-order valence-electron chi connectivity index (χ0n) is 12.2. The molecule has 1 amide bonds. The predicted molar refractivity (Wildman–Crippen MR) is 83.4 cm³/mol. The second kappa shape index (κ2) is 7.07.